The van der Waals surface area contributed by atoms with Gasteiger partial charge in [-0.1, -0.05) is 146 Å². The normalized spacial score (nSPS) is 11.5. The fourth-order valence-corrected chi connectivity index (χ4v) is 6.66. The lowest BCUT2D eigenvalue weighted by atomic mass is 9.83. The van der Waals surface area contributed by atoms with E-state index in [0.717, 1.165) is 5.56 Å². The quantitative estimate of drug-likeness (QED) is 0.223. The second-order valence-corrected chi connectivity index (χ2v) is 11.0. The van der Waals surface area contributed by atoms with Gasteiger partial charge >= 0.3 is 0 Å². The molecule has 0 aliphatic rings. The predicted molar refractivity (Wildman–Crippen MR) is 181 cm³/mol. The highest BCUT2D eigenvalue weighted by Crippen LogP contribution is 2.47. The van der Waals surface area contributed by atoms with Crippen molar-refractivity contribution in [2.45, 2.75) is 6.54 Å². The van der Waals surface area contributed by atoms with Crippen molar-refractivity contribution in [2.75, 3.05) is 0 Å². The van der Waals surface area contributed by atoms with Crippen LogP contribution in [0.3, 0.4) is 0 Å². The Bertz CT molecular complexity index is 2260. The molecule has 0 aromatic heterocycles. The molecule has 8 aromatic carbocycles. The maximum Gasteiger partial charge on any atom is 0.0178 e. The van der Waals surface area contributed by atoms with Crippen molar-refractivity contribution < 1.29 is 0 Å². The molecular weight excluding hydrogens is 506 g/mol. The molecule has 1 nitrogen and oxygen atoms in total. The standard InChI is InChI=1S/C41H29N/c42-26-27-19-21-28(22-20-27)31-23-24-38-39(25-31)41(35-18-8-12-30-10-2-4-14-33(30)35)37-16-6-5-15-36(37)40(38)34-17-7-11-29-9-1-3-13-32(29)34/h1-25H,26,42H2. The van der Waals surface area contributed by atoms with E-state index < -0.39 is 0 Å². The van der Waals surface area contributed by atoms with E-state index >= 15 is 0 Å². The van der Waals surface area contributed by atoms with E-state index in [2.05, 4.69) is 152 Å². The van der Waals surface area contributed by atoms with Gasteiger partial charge in [0.1, 0.15) is 0 Å². The topological polar surface area (TPSA) is 26.0 Å². The lowest BCUT2D eigenvalue weighted by molar-refractivity contribution is 1.07. The molecule has 0 bridgehead atoms. The average molecular weight is 536 g/mol. The largest absolute Gasteiger partial charge is 0.326 e. The molecule has 8 rings (SSSR count). The van der Waals surface area contributed by atoms with Crippen molar-refractivity contribution >= 4 is 43.1 Å². The zero-order valence-corrected chi connectivity index (χ0v) is 23.2. The van der Waals surface area contributed by atoms with Gasteiger partial charge < -0.3 is 5.73 Å². The second kappa shape index (κ2) is 9.99. The van der Waals surface area contributed by atoms with Crippen LogP contribution in [0.25, 0.3) is 76.5 Å². The van der Waals surface area contributed by atoms with E-state index in [1.807, 2.05) is 0 Å². The summed E-state index contributed by atoms with van der Waals surface area (Å²) in [5.74, 6) is 0. The van der Waals surface area contributed by atoms with Gasteiger partial charge in [0, 0.05) is 6.54 Å². The first-order valence-electron chi connectivity index (χ1n) is 14.5. The van der Waals surface area contributed by atoms with E-state index in [9.17, 15) is 0 Å². The molecule has 0 heterocycles. The van der Waals surface area contributed by atoms with Crippen LogP contribution in [0.1, 0.15) is 5.56 Å². The highest BCUT2D eigenvalue weighted by molar-refractivity contribution is 6.25. The van der Waals surface area contributed by atoms with Gasteiger partial charge in [-0.2, -0.15) is 0 Å². The molecule has 0 spiro atoms. The minimum atomic E-state index is 0.545. The monoisotopic (exact) mass is 535 g/mol. The molecule has 1 heteroatoms. The molecule has 0 radical (unpaired) electrons. The summed E-state index contributed by atoms with van der Waals surface area (Å²) in [5, 5.41) is 10.1. The summed E-state index contributed by atoms with van der Waals surface area (Å²) in [6.07, 6.45) is 0. The molecular formula is C41H29N. The van der Waals surface area contributed by atoms with Gasteiger partial charge in [0.05, 0.1) is 0 Å². The Kier molecular flexibility index (Phi) is 5.84. The second-order valence-electron chi connectivity index (χ2n) is 11.0. The van der Waals surface area contributed by atoms with Crippen LogP contribution < -0.4 is 5.73 Å². The number of benzene rings is 8. The van der Waals surface area contributed by atoms with Crippen LogP contribution in [-0.2, 0) is 6.54 Å². The third kappa shape index (κ3) is 3.90. The SMILES string of the molecule is NCc1ccc(-c2ccc3c(-c4cccc5ccccc45)c4ccccc4c(-c4cccc5ccccc45)c3c2)cc1. The Labute approximate surface area is 245 Å². The Hall–Kier alpha value is -5.24. The van der Waals surface area contributed by atoms with Gasteiger partial charge in [-0.15, -0.1) is 0 Å². The highest BCUT2D eigenvalue weighted by Gasteiger charge is 2.19. The van der Waals surface area contributed by atoms with Crippen LogP contribution in [0.15, 0.2) is 152 Å². The van der Waals surface area contributed by atoms with Crippen LogP contribution in [0.2, 0.25) is 0 Å². The number of nitrogens with two attached hydrogens (primary N) is 1. The van der Waals surface area contributed by atoms with Gasteiger partial charge in [0.2, 0.25) is 0 Å². The van der Waals surface area contributed by atoms with E-state index in [1.54, 1.807) is 0 Å². The first kappa shape index (κ1) is 24.5. The van der Waals surface area contributed by atoms with Gasteiger partial charge in [-0.3, -0.25) is 0 Å². The molecule has 2 N–H and O–H groups in total. The first-order chi connectivity index (χ1) is 20.8. The van der Waals surface area contributed by atoms with Gasteiger partial charge in [0.15, 0.2) is 0 Å². The molecule has 0 amide bonds. The molecule has 0 atom stereocenters. The summed E-state index contributed by atoms with van der Waals surface area (Å²) in [7, 11) is 0. The summed E-state index contributed by atoms with van der Waals surface area (Å²) in [6.45, 7) is 0.545. The number of rotatable bonds is 4. The first-order valence-corrected chi connectivity index (χ1v) is 14.5. The number of fused-ring (bicyclic) bond motifs is 4. The van der Waals surface area contributed by atoms with Crippen molar-refractivity contribution in [3.05, 3.63) is 157 Å². The number of hydrogen-bond acceptors (Lipinski definition) is 1. The van der Waals surface area contributed by atoms with Crippen molar-refractivity contribution in [1.82, 2.24) is 0 Å². The highest BCUT2D eigenvalue weighted by atomic mass is 14.5. The fourth-order valence-electron chi connectivity index (χ4n) is 6.66. The predicted octanol–water partition coefficient (Wildman–Crippen LogP) is 10.8. The third-order valence-corrected chi connectivity index (χ3v) is 8.66. The van der Waals surface area contributed by atoms with Gasteiger partial charge in [-0.05, 0) is 88.1 Å². The minimum absolute atomic E-state index is 0.545. The van der Waals surface area contributed by atoms with Crippen LogP contribution >= 0.6 is 0 Å². The third-order valence-electron chi connectivity index (χ3n) is 8.66. The summed E-state index contributed by atoms with van der Waals surface area (Å²) in [5.41, 5.74) is 14.5. The zero-order valence-electron chi connectivity index (χ0n) is 23.2. The molecule has 0 aliphatic carbocycles. The van der Waals surface area contributed by atoms with E-state index in [-0.39, 0.29) is 0 Å². The van der Waals surface area contributed by atoms with Crippen LogP contribution in [-0.4, -0.2) is 0 Å². The minimum Gasteiger partial charge on any atom is -0.326 e. The zero-order chi connectivity index (χ0) is 28.0. The molecule has 198 valence electrons. The molecule has 0 unspecified atom stereocenters. The lowest BCUT2D eigenvalue weighted by Crippen LogP contribution is -1.95. The van der Waals surface area contributed by atoms with Crippen molar-refractivity contribution in [2.24, 2.45) is 5.73 Å². The van der Waals surface area contributed by atoms with Crippen LogP contribution in [0, 0.1) is 0 Å². The van der Waals surface area contributed by atoms with Crippen molar-refractivity contribution in [3.63, 3.8) is 0 Å². The Morgan fingerprint density at radius 3 is 1.38 bits per heavy atom. The van der Waals surface area contributed by atoms with Crippen molar-refractivity contribution in [3.8, 4) is 33.4 Å². The smallest absolute Gasteiger partial charge is 0.0178 e. The number of hydrogen-bond donors (Lipinski definition) is 1. The molecule has 42 heavy (non-hydrogen) atoms. The molecule has 8 aromatic rings. The fraction of sp³-hybridized carbons (Fsp3) is 0.0244. The molecule has 0 saturated carbocycles. The van der Waals surface area contributed by atoms with Crippen LogP contribution in [0.4, 0.5) is 0 Å². The van der Waals surface area contributed by atoms with Gasteiger partial charge in [0.25, 0.3) is 0 Å². The maximum atomic E-state index is 5.91. The van der Waals surface area contributed by atoms with Gasteiger partial charge in [-0.25, -0.2) is 0 Å². The Morgan fingerprint density at radius 2 is 0.810 bits per heavy atom. The Balaban J connectivity index is 1.55. The van der Waals surface area contributed by atoms with E-state index in [0.29, 0.717) is 6.54 Å². The average Bonchev–Trinajstić information content (AvgIpc) is 3.06. The maximum absolute atomic E-state index is 5.91. The molecule has 0 saturated heterocycles. The summed E-state index contributed by atoms with van der Waals surface area (Å²) < 4.78 is 0. The van der Waals surface area contributed by atoms with E-state index in [1.165, 1.54) is 76.5 Å². The van der Waals surface area contributed by atoms with E-state index in [4.69, 9.17) is 5.73 Å². The summed E-state index contributed by atoms with van der Waals surface area (Å²) in [6, 6.07) is 55.3. The molecule has 0 fully saturated rings. The van der Waals surface area contributed by atoms with Crippen LogP contribution in [0.5, 0.6) is 0 Å². The van der Waals surface area contributed by atoms with Crippen molar-refractivity contribution in [1.29, 1.82) is 0 Å². The Morgan fingerprint density at radius 1 is 0.357 bits per heavy atom. The molecule has 0 aliphatic heterocycles. The lowest BCUT2D eigenvalue weighted by Gasteiger charge is -2.20. The summed E-state index contributed by atoms with van der Waals surface area (Å²) in [4.78, 5) is 0. The summed E-state index contributed by atoms with van der Waals surface area (Å²) >= 11 is 0.